The van der Waals surface area contributed by atoms with Crippen LogP contribution < -0.4 is 5.73 Å². The van der Waals surface area contributed by atoms with Gasteiger partial charge in [0.1, 0.15) is 0 Å². The van der Waals surface area contributed by atoms with E-state index in [-0.39, 0.29) is 0 Å². The summed E-state index contributed by atoms with van der Waals surface area (Å²) in [6.07, 6.45) is 2.26. The van der Waals surface area contributed by atoms with Crippen molar-refractivity contribution in [3.05, 3.63) is 46.6 Å². The van der Waals surface area contributed by atoms with Gasteiger partial charge in [0, 0.05) is 17.0 Å². The molecule has 1 heterocycles. The fourth-order valence-electron chi connectivity index (χ4n) is 1.25. The second-order valence-corrected chi connectivity index (χ2v) is 3.39. The molecule has 1 aromatic heterocycles. The van der Waals surface area contributed by atoms with E-state index in [4.69, 9.17) is 21.9 Å². The van der Waals surface area contributed by atoms with Gasteiger partial charge in [-0.05, 0) is 11.6 Å². The van der Waals surface area contributed by atoms with Crippen molar-refractivity contribution in [1.29, 1.82) is 0 Å². The Morgan fingerprint density at radius 1 is 1.29 bits per heavy atom. The first-order valence-corrected chi connectivity index (χ1v) is 4.57. The Morgan fingerprint density at radius 3 is 2.71 bits per heavy atom. The van der Waals surface area contributed by atoms with E-state index in [1.807, 2.05) is 24.3 Å². The van der Waals surface area contributed by atoms with Crippen molar-refractivity contribution in [2.24, 2.45) is 0 Å². The minimum atomic E-state index is 0.352. The minimum absolute atomic E-state index is 0.352. The van der Waals surface area contributed by atoms with E-state index in [1.165, 1.54) is 0 Å². The maximum atomic E-state index is 6.00. The standard InChI is InChI=1S/C10H9ClN2O/c11-9-4-2-1-3-7(9)5-8-6-13-14-10(8)12/h1-4,6H,5,12H2. The number of hydrogen-bond acceptors (Lipinski definition) is 3. The van der Waals surface area contributed by atoms with Crippen molar-refractivity contribution >= 4 is 17.5 Å². The lowest BCUT2D eigenvalue weighted by atomic mass is 10.1. The summed E-state index contributed by atoms with van der Waals surface area (Å²) in [6.45, 7) is 0. The van der Waals surface area contributed by atoms with Crippen LogP contribution in [-0.2, 0) is 6.42 Å². The predicted molar refractivity (Wildman–Crippen MR) is 55.2 cm³/mol. The highest BCUT2D eigenvalue weighted by Crippen LogP contribution is 2.21. The number of nitrogens with zero attached hydrogens (tertiary/aromatic N) is 1. The summed E-state index contributed by atoms with van der Waals surface area (Å²) >= 11 is 6.00. The average molecular weight is 209 g/mol. The average Bonchev–Trinajstić information content (AvgIpc) is 2.56. The zero-order chi connectivity index (χ0) is 9.97. The number of nitrogens with two attached hydrogens (primary N) is 1. The summed E-state index contributed by atoms with van der Waals surface area (Å²) < 4.78 is 4.76. The largest absolute Gasteiger partial charge is 0.367 e. The van der Waals surface area contributed by atoms with Gasteiger partial charge in [-0.1, -0.05) is 35.0 Å². The van der Waals surface area contributed by atoms with Crippen LogP contribution >= 0.6 is 11.6 Å². The van der Waals surface area contributed by atoms with E-state index < -0.39 is 0 Å². The molecule has 0 amide bonds. The van der Waals surface area contributed by atoms with Gasteiger partial charge in [0.2, 0.25) is 5.88 Å². The molecule has 0 bridgehead atoms. The van der Waals surface area contributed by atoms with Gasteiger partial charge in [0.25, 0.3) is 0 Å². The lowest BCUT2D eigenvalue weighted by molar-refractivity contribution is 0.436. The molecule has 0 fully saturated rings. The molecule has 0 aliphatic rings. The maximum absolute atomic E-state index is 6.00. The third-order valence-corrected chi connectivity index (χ3v) is 2.38. The molecule has 0 atom stereocenters. The quantitative estimate of drug-likeness (QED) is 0.825. The summed E-state index contributed by atoms with van der Waals surface area (Å²) in [6, 6.07) is 7.63. The van der Waals surface area contributed by atoms with Crippen LogP contribution in [-0.4, -0.2) is 5.16 Å². The highest BCUT2D eigenvalue weighted by molar-refractivity contribution is 6.31. The van der Waals surface area contributed by atoms with Crippen molar-refractivity contribution in [3.63, 3.8) is 0 Å². The SMILES string of the molecule is Nc1oncc1Cc1ccccc1Cl. The molecular formula is C10H9ClN2O. The maximum Gasteiger partial charge on any atom is 0.225 e. The van der Waals surface area contributed by atoms with E-state index in [1.54, 1.807) is 6.20 Å². The highest BCUT2D eigenvalue weighted by Gasteiger charge is 2.06. The van der Waals surface area contributed by atoms with Crippen LogP contribution in [0.1, 0.15) is 11.1 Å². The van der Waals surface area contributed by atoms with Crippen molar-refractivity contribution in [1.82, 2.24) is 5.16 Å². The Hall–Kier alpha value is -1.48. The normalized spacial score (nSPS) is 10.4. The van der Waals surface area contributed by atoms with Crippen molar-refractivity contribution in [3.8, 4) is 0 Å². The molecule has 0 unspecified atom stereocenters. The highest BCUT2D eigenvalue weighted by atomic mass is 35.5. The van der Waals surface area contributed by atoms with Gasteiger partial charge in [0.15, 0.2) is 0 Å². The van der Waals surface area contributed by atoms with Gasteiger partial charge < -0.3 is 10.3 Å². The molecule has 0 spiro atoms. The van der Waals surface area contributed by atoms with E-state index in [0.29, 0.717) is 12.3 Å². The van der Waals surface area contributed by atoms with Crippen molar-refractivity contribution < 1.29 is 4.52 Å². The molecule has 4 heteroatoms. The topological polar surface area (TPSA) is 52.0 Å². The zero-order valence-corrected chi connectivity index (χ0v) is 8.16. The molecular weight excluding hydrogens is 200 g/mol. The molecule has 2 N–H and O–H groups in total. The van der Waals surface area contributed by atoms with E-state index >= 15 is 0 Å². The number of rotatable bonds is 2. The predicted octanol–water partition coefficient (Wildman–Crippen LogP) is 2.50. The van der Waals surface area contributed by atoms with Crippen LogP contribution in [0.4, 0.5) is 5.88 Å². The fraction of sp³-hybridized carbons (Fsp3) is 0.100. The molecule has 0 saturated carbocycles. The van der Waals surface area contributed by atoms with Gasteiger partial charge in [-0.2, -0.15) is 0 Å². The molecule has 2 aromatic rings. The second kappa shape index (κ2) is 3.72. The number of anilines is 1. The molecule has 0 aliphatic heterocycles. The van der Waals surface area contributed by atoms with E-state index in [0.717, 1.165) is 16.1 Å². The Morgan fingerprint density at radius 2 is 2.07 bits per heavy atom. The zero-order valence-electron chi connectivity index (χ0n) is 7.40. The molecule has 0 radical (unpaired) electrons. The molecule has 3 nitrogen and oxygen atoms in total. The first-order valence-electron chi connectivity index (χ1n) is 4.20. The summed E-state index contributed by atoms with van der Waals surface area (Å²) in [5, 5.41) is 4.33. The molecule has 0 aliphatic carbocycles. The van der Waals surface area contributed by atoms with Crippen molar-refractivity contribution in [2.45, 2.75) is 6.42 Å². The van der Waals surface area contributed by atoms with Crippen LogP contribution in [0, 0.1) is 0 Å². The van der Waals surface area contributed by atoms with E-state index in [9.17, 15) is 0 Å². The van der Waals surface area contributed by atoms with Gasteiger partial charge in [-0.3, -0.25) is 0 Å². The number of benzene rings is 1. The minimum Gasteiger partial charge on any atom is -0.367 e. The Balaban J connectivity index is 2.28. The molecule has 2 rings (SSSR count). The summed E-state index contributed by atoms with van der Waals surface area (Å²) in [7, 11) is 0. The second-order valence-electron chi connectivity index (χ2n) is 2.98. The molecule has 1 aromatic carbocycles. The monoisotopic (exact) mass is 208 g/mol. The van der Waals surface area contributed by atoms with Gasteiger partial charge in [0.05, 0.1) is 6.20 Å². The first-order chi connectivity index (χ1) is 6.77. The Bertz CT molecular complexity index is 439. The summed E-state index contributed by atoms with van der Waals surface area (Å²) in [4.78, 5) is 0. The number of aromatic nitrogens is 1. The fourth-order valence-corrected chi connectivity index (χ4v) is 1.45. The Kier molecular flexibility index (Phi) is 2.41. The van der Waals surface area contributed by atoms with Crippen LogP contribution in [0.15, 0.2) is 35.0 Å². The summed E-state index contributed by atoms with van der Waals surface area (Å²) in [5.41, 5.74) is 7.44. The smallest absolute Gasteiger partial charge is 0.225 e. The molecule has 14 heavy (non-hydrogen) atoms. The first kappa shape index (κ1) is 9.09. The lowest BCUT2D eigenvalue weighted by Gasteiger charge is -2.01. The van der Waals surface area contributed by atoms with Gasteiger partial charge >= 0.3 is 0 Å². The third-order valence-electron chi connectivity index (χ3n) is 2.01. The number of halogens is 1. The molecule has 0 saturated heterocycles. The number of hydrogen-bond donors (Lipinski definition) is 1. The van der Waals surface area contributed by atoms with Crippen LogP contribution in [0.25, 0.3) is 0 Å². The third kappa shape index (κ3) is 1.72. The molecule has 72 valence electrons. The van der Waals surface area contributed by atoms with Crippen LogP contribution in [0.3, 0.4) is 0 Å². The van der Waals surface area contributed by atoms with E-state index in [2.05, 4.69) is 5.16 Å². The van der Waals surface area contributed by atoms with Gasteiger partial charge in [-0.15, -0.1) is 0 Å². The van der Waals surface area contributed by atoms with Crippen molar-refractivity contribution in [2.75, 3.05) is 5.73 Å². The van der Waals surface area contributed by atoms with Crippen LogP contribution in [0.5, 0.6) is 0 Å². The number of nitrogen functional groups attached to an aromatic ring is 1. The lowest BCUT2D eigenvalue weighted by Crippen LogP contribution is -1.92. The van der Waals surface area contributed by atoms with Crippen LogP contribution in [0.2, 0.25) is 5.02 Å². The summed E-state index contributed by atoms with van der Waals surface area (Å²) in [5.74, 6) is 0.352. The van der Waals surface area contributed by atoms with Gasteiger partial charge in [-0.25, -0.2) is 0 Å². The Labute approximate surface area is 86.5 Å².